The highest BCUT2D eigenvalue weighted by Gasteiger charge is 2.25. The minimum Gasteiger partial charge on any atom is -0.480 e. The normalized spacial score (nSPS) is 17.7. The lowest BCUT2D eigenvalue weighted by atomic mass is 9.98. The van der Waals surface area contributed by atoms with Crippen molar-refractivity contribution in [1.82, 2.24) is 14.3 Å². The lowest BCUT2D eigenvalue weighted by Crippen LogP contribution is -2.28. The summed E-state index contributed by atoms with van der Waals surface area (Å²) in [5, 5.41) is 0.862. The van der Waals surface area contributed by atoms with E-state index in [4.69, 9.17) is 10.5 Å². The van der Waals surface area contributed by atoms with E-state index in [1.165, 1.54) is 7.11 Å². The molecule has 10 heteroatoms. The van der Waals surface area contributed by atoms with Gasteiger partial charge in [0.15, 0.2) is 0 Å². The molecule has 1 atom stereocenters. The van der Waals surface area contributed by atoms with Gasteiger partial charge in [-0.3, -0.25) is 9.52 Å². The van der Waals surface area contributed by atoms with Crippen LogP contribution in [0.25, 0.3) is 10.9 Å². The first-order valence-electron chi connectivity index (χ1n) is 12.5. The lowest BCUT2D eigenvalue weighted by Gasteiger charge is -2.21. The third-order valence-corrected chi connectivity index (χ3v) is 6.45. The van der Waals surface area contributed by atoms with Gasteiger partial charge >= 0.3 is 0 Å². The summed E-state index contributed by atoms with van der Waals surface area (Å²) in [5.41, 5.74) is 8.18. The third kappa shape index (κ3) is 6.54. The number of pyridine rings is 2. The summed E-state index contributed by atoms with van der Waals surface area (Å²) in [6, 6.07) is 3.71. The maximum absolute atomic E-state index is 13.7. The van der Waals surface area contributed by atoms with Gasteiger partial charge in [-0.1, -0.05) is 46.6 Å². The average molecular weight is 518 g/mol. The average Bonchev–Trinajstić information content (AvgIpc) is 3.29. The van der Waals surface area contributed by atoms with Gasteiger partial charge in [-0.15, -0.1) is 0 Å². The zero-order valence-electron chi connectivity index (χ0n) is 22.3. The Kier molecular flexibility index (Phi) is 10.3. The number of allylic oxidation sites excluding steroid dienone is 2. The number of anilines is 1. The fraction of sp³-hybridized carbons (Fsp3) is 0.500. The SMILES string of the molecule is CC.CC.COC1=C(NS(C)(=O)=O)C=CC(c2cc3c(C)nc(N)cc3n(C3CCCC3)c2=O)C=N1. The van der Waals surface area contributed by atoms with Crippen molar-refractivity contribution < 1.29 is 13.2 Å². The number of aryl methyl sites for hydroxylation is 1. The molecule has 1 saturated carbocycles. The Morgan fingerprint density at radius 1 is 1.14 bits per heavy atom. The van der Waals surface area contributed by atoms with Gasteiger partial charge in [0.05, 0.1) is 18.9 Å². The van der Waals surface area contributed by atoms with E-state index in [0.717, 1.165) is 48.5 Å². The molecule has 0 aromatic carbocycles. The Morgan fingerprint density at radius 2 is 1.78 bits per heavy atom. The molecule has 9 nitrogen and oxygen atoms in total. The van der Waals surface area contributed by atoms with E-state index in [0.29, 0.717) is 11.4 Å². The van der Waals surface area contributed by atoms with Crippen LogP contribution in [0.4, 0.5) is 5.82 Å². The third-order valence-electron chi connectivity index (χ3n) is 5.86. The smallest absolute Gasteiger partial charge is 0.255 e. The number of nitrogen functional groups attached to an aromatic ring is 1. The monoisotopic (exact) mass is 517 g/mol. The highest BCUT2D eigenvalue weighted by Crippen LogP contribution is 2.33. The second kappa shape index (κ2) is 12.7. The first-order chi connectivity index (χ1) is 17.2. The van der Waals surface area contributed by atoms with Gasteiger partial charge in [-0.2, -0.15) is 0 Å². The molecule has 1 fully saturated rings. The first kappa shape index (κ1) is 29.1. The number of ether oxygens (including phenoxy) is 1. The molecular weight excluding hydrogens is 478 g/mol. The molecule has 0 bridgehead atoms. The van der Waals surface area contributed by atoms with Crippen LogP contribution in [0.2, 0.25) is 0 Å². The van der Waals surface area contributed by atoms with Crippen LogP contribution in [0.5, 0.6) is 0 Å². The molecule has 0 radical (unpaired) electrons. The fourth-order valence-electron chi connectivity index (χ4n) is 4.46. The summed E-state index contributed by atoms with van der Waals surface area (Å²) in [4.78, 5) is 22.4. The summed E-state index contributed by atoms with van der Waals surface area (Å²) in [7, 11) is -2.12. The number of aromatic nitrogens is 2. The minimum atomic E-state index is -3.53. The van der Waals surface area contributed by atoms with E-state index in [9.17, 15) is 13.2 Å². The van der Waals surface area contributed by atoms with Gasteiger partial charge in [0.25, 0.3) is 5.56 Å². The Morgan fingerprint density at radius 3 is 2.36 bits per heavy atom. The topological polar surface area (TPSA) is 129 Å². The van der Waals surface area contributed by atoms with Crippen LogP contribution in [0.3, 0.4) is 0 Å². The number of rotatable bonds is 5. The van der Waals surface area contributed by atoms with Crippen molar-refractivity contribution >= 4 is 33.0 Å². The number of nitrogens with one attached hydrogen (secondary N) is 1. The molecule has 198 valence electrons. The van der Waals surface area contributed by atoms with Crippen LogP contribution in [0.15, 0.2) is 45.7 Å². The van der Waals surface area contributed by atoms with Crippen LogP contribution in [-0.2, 0) is 14.8 Å². The number of sulfonamides is 1. The molecule has 1 unspecified atom stereocenters. The maximum atomic E-state index is 13.7. The Labute approximate surface area is 214 Å². The molecule has 2 aromatic heterocycles. The van der Waals surface area contributed by atoms with Crippen LogP contribution >= 0.6 is 0 Å². The number of hydrogen-bond acceptors (Lipinski definition) is 7. The maximum Gasteiger partial charge on any atom is 0.255 e. The number of methoxy groups -OCH3 is 1. The van der Waals surface area contributed by atoms with Gasteiger partial charge in [0.1, 0.15) is 11.5 Å². The van der Waals surface area contributed by atoms with E-state index >= 15 is 0 Å². The fourth-order valence-corrected chi connectivity index (χ4v) is 5.01. The second-order valence-electron chi connectivity index (χ2n) is 8.24. The van der Waals surface area contributed by atoms with Crippen molar-refractivity contribution in [3.8, 4) is 0 Å². The molecule has 4 rings (SSSR count). The van der Waals surface area contributed by atoms with Gasteiger partial charge in [0, 0.05) is 40.9 Å². The molecule has 0 spiro atoms. The second-order valence-corrected chi connectivity index (χ2v) is 9.99. The number of nitrogens with zero attached hydrogens (tertiary/aromatic N) is 3. The molecule has 3 N–H and O–H groups in total. The van der Waals surface area contributed by atoms with Crippen molar-refractivity contribution in [3.05, 3.63) is 57.5 Å². The molecule has 2 aromatic rings. The van der Waals surface area contributed by atoms with Crippen LogP contribution in [-0.4, -0.2) is 37.5 Å². The van der Waals surface area contributed by atoms with Gasteiger partial charge in [-0.25, -0.2) is 18.4 Å². The Balaban J connectivity index is 0.00000109. The summed E-state index contributed by atoms with van der Waals surface area (Å²) in [6.45, 7) is 9.88. The zero-order chi connectivity index (χ0) is 27.0. The predicted octanol–water partition coefficient (Wildman–Crippen LogP) is 4.54. The number of hydrogen-bond donors (Lipinski definition) is 2. The highest BCUT2D eigenvalue weighted by molar-refractivity contribution is 7.88. The van der Waals surface area contributed by atoms with Crippen molar-refractivity contribution in [3.63, 3.8) is 0 Å². The van der Waals surface area contributed by atoms with E-state index in [1.807, 2.05) is 45.3 Å². The summed E-state index contributed by atoms with van der Waals surface area (Å²) in [5.74, 6) is 0.0347. The van der Waals surface area contributed by atoms with Crippen molar-refractivity contribution in [1.29, 1.82) is 0 Å². The van der Waals surface area contributed by atoms with Crippen LogP contribution in [0, 0.1) is 6.92 Å². The van der Waals surface area contributed by atoms with E-state index < -0.39 is 15.9 Å². The molecule has 1 aliphatic carbocycles. The van der Waals surface area contributed by atoms with Crippen molar-refractivity contribution in [2.45, 2.75) is 72.3 Å². The first-order valence-corrected chi connectivity index (χ1v) is 14.4. The van der Waals surface area contributed by atoms with Crippen LogP contribution < -0.4 is 16.0 Å². The molecule has 36 heavy (non-hydrogen) atoms. The standard InChI is InChI=1S/C22H27N5O4S.2C2H6/c1-13-16-10-17(14-8-9-18(26-32(3,29)30)21(31-2)24-12-14)22(28)27(15-6-4-5-7-15)19(16)11-20(23)25-13;2*1-2/h8-12,14-15,26H,4-7H2,1-3H3,(H2,23,25);2*1-2H3. The molecule has 0 saturated heterocycles. The number of fused-ring (bicyclic) bond motifs is 1. The van der Waals surface area contributed by atoms with Gasteiger partial charge in [0.2, 0.25) is 15.9 Å². The molecular formula is C26H39N5O4S. The van der Waals surface area contributed by atoms with Gasteiger partial charge < -0.3 is 15.0 Å². The van der Waals surface area contributed by atoms with Gasteiger partial charge in [-0.05, 0) is 31.9 Å². The molecule has 1 aliphatic heterocycles. The van der Waals surface area contributed by atoms with Crippen molar-refractivity contribution in [2.24, 2.45) is 4.99 Å². The lowest BCUT2D eigenvalue weighted by molar-refractivity contribution is 0.284. The largest absolute Gasteiger partial charge is 0.480 e. The van der Waals surface area contributed by atoms with E-state index in [-0.39, 0.29) is 23.2 Å². The van der Waals surface area contributed by atoms with E-state index in [1.54, 1.807) is 24.4 Å². The van der Waals surface area contributed by atoms with E-state index in [2.05, 4.69) is 14.7 Å². The predicted molar refractivity (Wildman–Crippen MR) is 148 cm³/mol. The zero-order valence-corrected chi connectivity index (χ0v) is 23.1. The Hall–Kier alpha value is -3.14. The summed E-state index contributed by atoms with van der Waals surface area (Å²) in [6.07, 6.45) is 9.99. The minimum absolute atomic E-state index is 0.103. The number of nitrogens with two attached hydrogens (primary N) is 1. The summed E-state index contributed by atoms with van der Waals surface area (Å²) >= 11 is 0. The quantitative estimate of drug-likeness (QED) is 0.599. The molecule has 3 heterocycles. The highest BCUT2D eigenvalue weighted by atomic mass is 32.2. The van der Waals surface area contributed by atoms with Crippen molar-refractivity contribution in [2.75, 3.05) is 19.1 Å². The number of aliphatic imine (C=N–C) groups is 1. The molecule has 2 aliphatic rings. The van der Waals surface area contributed by atoms with Crippen LogP contribution in [0.1, 0.15) is 76.6 Å². The summed E-state index contributed by atoms with van der Waals surface area (Å²) < 4.78 is 33.0. The Bertz CT molecular complexity index is 1320. The molecule has 0 amide bonds.